The number of rotatable bonds is 2. The van der Waals surface area contributed by atoms with E-state index in [1.807, 2.05) is 0 Å². The van der Waals surface area contributed by atoms with E-state index in [0.29, 0.717) is 17.0 Å². The van der Waals surface area contributed by atoms with E-state index >= 15 is 0 Å². The Morgan fingerprint density at radius 2 is 1.95 bits per heavy atom. The van der Waals surface area contributed by atoms with Crippen LogP contribution in [0.2, 0.25) is 0 Å². The van der Waals surface area contributed by atoms with Crippen LogP contribution in [0.3, 0.4) is 0 Å². The number of nitrogens with one attached hydrogen (secondary N) is 1. The highest BCUT2D eigenvalue weighted by molar-refractivity contribution is 5.80. The number of methoxy groups -OCH3 is 1. The lowest BCUT2D eigenvalue weighted by molar-refractivity contribution is 0.385. The highest BCUT2D eigenvalue weighted by atomic mass is 19.1. The molecule has 0 spiro atoms. The smallest absolute Gasteiger partial charge is 0.259 e. The molecule has 0 aliphatic carbocycles. The minimum atomic E-state index is -0.858. The van der Waals surface area contributed by atoms with Crippen molar-refractivity contribution < 1.29 is 13.5 Å². The first kappa shape index (κ1) is 13.2. The highest BCUT2D eigenvalue weighted by Crippen LogP contribution is 2.31. The van der Waals surface area contributed by atoms with Crippen molar-refractivity contribution in [2.24, 2.45) is 0 Å². The van der Waals surface area contributed by atoms with E-state index in [0.717, 1.165) is 6.07 Å². The lowest BCUT2D eigenvalue weighted by atomic mass is 10.1. The standard InChI is InChI=1S/C15H10F2N2O2/c1-21-13-10(6-8(16)7-11(13)17)14-18-12-5-3-2-4-9(12)15(20)19-14/h2-7H,1H3,(H,18,19,20). The largest absolute Gasteiger partial charge is 0.493 e. The maximum Gasteiger partial charge on any atom is 0.259 e. The molecule has 2 aromatic carbocycles. The summed E-state index contributed by atoms with van der Waals surface area (Å²) in [6, 6.07) is 8.48. The second kappa shape index (κ2) is 4.97. The highest BCUT2D eigenvalue weighted by Gasteiger charge is 2.16. The summed E-state index contributed by atoms with van der Waals surface area (Å²) in [6.45, 7) is 0. The fourth-order valence-corrected chi connectivity index (χ4v) is 2.16. The number of nitrogens with zero attached hydrogens (tertiary/aromatic N) is 1. The molecule has 0 radical (unpaired) electrons. The lowest BCUT2D eigenvalue weighted by Crippen LogP contribution is -2.10. The Morgan fingerprint density at radius 3 is 2.71 bits per heavy atom. The first-order chi connectivity index (χ1) is 10.1. The average Bonchev–Trinajstić information content (AvgIpc) is 2.46. The minimum absolute atomic E-state index is 0.0500. The van der Waals surface area contributed by atoms with Crippen molar-refractivity contribution in [1.29, 1.82) is 0 Å². The second-order valence-electron chi connectivity index (χ2n) is 4.40. The number of H-pyrrole nitrogens is 1. The van der Waals surface area contributed by atoms with Gasteiger partial charge in [-0.2, -0.15) is 0 Å². The number of aromatic amines is 1. The molecule has 106 valence electrons. The summed E-state index contributed by atoms with van der Waals surface area (Å²) in [5, 5.41) is 0.400. The Labute approximate surface area is 118 Å². The Morgan fingerprint density at radius 1 is 1.19 bits per heavy atom. The molecular weight excluding hydrogens is 278 g/mol. The lowest BCUT2D eigenvalue weighted by Gasteiger charge is -2.09. The Balaban J connectivity index is 2.33. The summed E-state index contributed by atoms with van der Waals surface area (Å²) in [4.78, 5) is 18.8. The first-order valence-electron chi connectivity index (χ1n) is 6.12. The number of fused-ring (bicyclic) bond motifs is 1. The summed E-state index contributed by atoms with van der Waals surface area (Å²) in [5.41, 5.74) is 0.100. The quantitative estimate of drug-likeness (QED) is 0.789. The molecule has 0 saturated heterocycles. The number of ether oxygens (including phenoxy) is 1. The van der Waals surface area contributed by atoms with E-state index in [9.17, 15) is 13.6 Å². The van der Waals surface area contributed by atoms with Crippen LogP contribution in [-0.2, 0) is 0 Å². The monoisotopic (exact) mass is 288 g/mol. The van der Waals surface area contributed by atoms with E-state index in [1.54, 1.807) is 24.3 Å². The van der Waals surface area contributed by atoms with Crippen molar-refractivity contribution in [1.82, 2.24) is 9.97 Å². The SMILES string of the molecule is COc1c(F)cc(F)cc1-c1nc2ccccc2c(=O)[nH]1. The zero-order valence-corrected chi connectivity index (χ0v) is 11.0. The van der Waals surface area contributed by atoms with Gasteiger partial charge in [-0.3, -0.25) is 4.79 Å². The number of hydrogen-bond acceptors (Lipinski definition) is 3. The zero-order chi connectivity index (χ0) is 15.0. The zero-order valence-electron chi connectivity index (χ0n) is 11.0. The predicted octanol–water partition coefficient (Wildman–Crippen LogP) is 2.88. The Kier molecular flexibility index (Phi) is 3.13. The third-order valence-electron chi connectivity index (χ3n) is 3.08. The minimum Gasteiger partial charge on any atom is -0.493 e. The van der Waals surface area contributed by atoms with Gasteiger partial charge in [0.05, 0.1) is 23.6 Å². The van der Waals surface area contributed by atoms with Crippen LogP contribution in [0.4, 0.5) is 8.78 Å². The van der Waals surface area contributed by atoms with Gasteiger partial charge in [-0.25, -0.2) is 13.8 Å². The molecule has 3 aromatic rings. The molecule has 4 nitrogen and oxygen atoms in total. The molecule has 0 amide bonds. The van der Waals surface area contributed by atoms with Crippen LogP contribution in [0.5, 0.6) is 5.75 Å². The molecule has 1 heterocycles. The second-order valence-corrected chi connectivity index (χ2v) is 4.40. The van der Waals surface area contributed by atoms with Crippen molar-refractivity contribution in [2.75, 3.05) is 7.11 Å². The molecular formula is C15H10F2N2O2. The molecule has 0 atom stereocenters. The van der Waals surface area contributed by atoms with Gasteiger partial charge in [0.15, 0.2) is 11.6 Å². The van der Waals surface area contributed by atoms with Gasteiger partial charge < -0.3 is 9.72 Å². The van der Waals surface area contributed by atoms with Gasteiger partial charge in [-0.1, -0.05) is 12.1 Å². The summed E-state index contributed by atoms with van der Waals surface area (Å²) in [7, 11) is 1.26. The van der Waals surface area contributed by atoms with Crippen LogP contribution in [-0.4, -0.2) is 17.1 Å². The van der Waals surface area contributed by atoms with E-state index < -0.39 is 11.6 Å². The summed E-state index contributed by atoms with van der Waals surface area (Å²) >= 11 is 0. The average molecular weight is 288 g/mol. The van der Waals surface area contributed by atoms with Gasteiger partial charge in [0.25, 0.3) is 5.56 Å². The van der Waals surface area contributed by atoms with Crippen molar-refractivity contribution in [3.63, 3.8) is 0 Å². The summed E-state index contributed by atoms with van der Waals surface area (Å²) in [6.07, 6.45) is 0. The van der Waals surface area contributed by atoms with Gasteiger partial charge in [-0.15, -0.1) is 0 Å². The van der Waals surface area contributed by atoms with Gasteiger partial charge in [0.1, 0.15) is 11.6 Å². The molecule has 1 aromatic heterocycles. The van der Waals surface area contributed by atoms with Crippen molar-refractivity contribution in [2.45, 2.75) is 0 Å². The third-order valence-corrected chi connectivity index (χ3v) is 3.08. The molecule has 0 aliphatic rings. The molecule has 0 fully saturated rings. The van der Waals surface area contributed by atoms with Crippen molar-refractivity contribution in [3.8, 4) is 17.1 Å². The summed E-state index contributed by atoms with van der Waals surface area (Å²) < 4.78 is 32.1. The van der Waals surface area contributed by atoms with Gasteiger partial charge >= 0.3 is 0 Å². The van der Waals surface area contributed by atoms with Gasteiger partial charge in [0, 0.05) is 6.07 Å². The fraction of sp³-hybridized carbons (Fsp3) is 0.0667. The molecule has 0 saturated carbocycles. The molecule has 3 rings (SSSR count). The number of para-hydroxylation sites is 1. The van der Waals surface area contributed by atoms with Crippen LogP contribution < -0.4 is 10.3 Å². The van der Waals surface area contributed by atoms with Crippen LogP contribution in [0.15, 0.2) is 41.2 Å². The Bertz CT molecular complexity index is 890. The molecule has 21 heavy (non-hydrogen) atoms. The van der Waals surface area contributed by atoms with Crippen LogP contribution >= 0.6 is 0 Å². The maximum atomic E-state index is 13.7. The molecule has 1 N–H and O–H groups in total. The van der Waals surface area contributed by atoms with Crippen LogP contribution in [0.1, 0.15) is 0 Å². The molecule has 0 unspecified atom stereocenters. The van der Waals surface area contributed by atoms with Crippen molar-refractivity contribution in [3.05, 3.63) is 58.4 Å². The van der Waals surface area contributed by atoms with Gasteiger partial charge in [0.2, 0.25) is 0 Å². The maximum absolute atomic E-state index is 13.7. The molecule has 6 heteroatoms. The number of aromatic nitrogens is 2. The van der Waals surface area contributed by atoms with Crippen LogP contribution in [0, 0.1) is 11.6 Å². The first-order valence-corrected chi connectivity index (χ1v) is 6.12. The van der Waals surface area contributed by atoms with Crippen molar-refractivity contribution >= 4 is 10.9 Å². The topological polar surface area (TPSA) is 55.0 Å². The predicted molar refractivity (Wildman–Crippen MR) is 74.3 cm³/mol. The fourth-order valence-electron chi connectivity index (χ4n) is 2.16. The number of hydrogen-bond donors (Lipinski definition) is 1. The molecule has 0 bridgehead atoms. The summed E-state index contributed by atoms with van der Waals surface area (Å²) in [5.74, 6) is -1.76. The van der Waals surface area contributed by atoms with Gasteiger partial charge in [-0.05, 0) is 18.2 Å². The van der Waals surface area contributed by atoms with E-state index in [1.165, 1.54) is 7.11 Å². The van der Waals surface area contributed by atoms with E-state index in [4.69, 9.17) is 4.74 Å². The van der Waals surface area contributed by atoms with E-state index in [2.05, 4.69) is 9.97 Å². The third kappa shape index (κ3) is 2.24. The number of halogens is 2. The molecule has 0 aliphatic heterocycles. The van der Waals surface area contributed by atoms with Crippen LogP contribution in [0.25, 0.3) is 22.3 Å². The normalized spacial score (nSPS) is 10.8. The van der Waals surface area contributed by atoms with E-state index in [-0.39, 0.29) is 22.7 Å². The number of benzene rings is 2. The Hall–Kier alpha value is -2.76.